The second-order valence-corrected chi connectivity index (χ2v) is 8.39. The zero-order chi connectivity index (χ0) is 20.4. The van der Waals surface area contributed by atoms with Crippen molar-refractivity contribution < 1.29 is 14.0 Å². The van der Waals surface area contributed by atoms with Gasteiger partial charge in [0.05, 0.1) is 12.0 Å². The average Bonchev–Trinajstić information content (AvgIpc) is 3.39. The predicted octanol–water partition coefficient (Wildman–Crippen LogP) is 4.40. The molecule has 0 saturated carbocycles. The first kappa shape index (κ1) is 19.7. The summed E-state index contributed by atoms with van der Waals surface area (Å²) >= 11 is 7.32. The fraction of sp³-hybridized carbons (Fsp3) is 0.286. The molecule has 1 aromatic carbocycles. The van der Waals surface area contributed by atoms with E-state index in [1.807, 2.05) is 31.2 Å². The van der Waals surface area contributed by atoms with E-state index >= 15 is 0 Å². The van der Waals surface area contributed by atoms with E-state index < -0.39 is 0 Å². The molecular weight excluding hydrogens is 410 g/mol. The van der Waals surface area contributed by atoms with Gasteiger partial charge < -0.3 is 14.6 Å². The molecule has 1 fully saturated rings. The summed E-state index contributed by atoms with van der Waals surface area (Å²) in [5.41, 5.74) is 1.65. The number of aromatic nitrogens is 1. The largest absolute Gasteiger partial charge is 0.459 e. The molecule has 0 radical (unpaired) electrons. The second-order valence-electron chi connectivity index (χ2n) is 6.96. The van der Waals surface area contributed by atoms with Gasteiger partial charge in [0.15, 0.2) is 5.76 Å². The van der Waals surface area contributed by atoms with E-state index in [1.54, 1.807) is 17.0 Å². The molecule has 1 aliphatic rings. The van der Waals surface area contributed by atoms with Gasteiger partial charge in [0, 0.05) is 29.7 Å². The van der Waals surface area contributed by atoms with Crippen LogP contribution in [0, 0.1) is 6.92 Å². The lowest BCUT2D eigenvalue weighted by Gasteiger charge is -2.31. The van der Waals surface area contributed by atoms with Crippen LogP contribution in [0.2, 0.25) is 5.02 Å². The van der Waals surface area contributed by atoms with E-state index in [9.17, 15) is 9.59 Å². The highest BCUT2D eigenvalue weighted by molar-refractivity contribution is 7.17. The lowest BCUT2D eigenvalue weighted by Crippen LogP contribution is -2.46. The molecule has 0 atom stereocenters. The molecule has 1 saturated heterocycles. The summed E-state index contributed by atoms with van der Waals surface area (Å²) in [7, 11) is 0. The van der Waals surface area contributed by atoms with Gasteiger partial charge in [0.2, 0.25) is 0 Å². The van der Waals surface area contributed by atoms with Gasteiger partial charge in [-0.25, -0.2) is 4.98 Å². The monoisotopic (exact) mass is 429 g/mol. The smallest absolute Gasteiger partial charge is 0.289 e. The number of aryl methyl sites for hydroxylation is 1. The zero-order valence-corrected chi connectivity index (χ0v) is 17.4. The Bertz CT molecular complexity index is 1010. The van der Waals surface area contributed by atoms with Gasteiger partial charge in [-0.05, 0) is 44.0 Å². The minimum atomic E-state index is -0.115. The molecule has 4 rings (SSSR count). The van der Waals surface area contributed by atoms with Crippen molar-refractivity contribution in [3.05, 3.63) is 64.0 Å². The number of hydrogen-bond acceptors (Lipinski definition) is 5. The number of carbonyl (C=O) groups is 2. The molecule has 3 aromatic rings. The van der Waals surface area contributed by atoms with E-state index in [-0.39, 0.29) is 17.9 Å². The van der Waals surface area contributed by atoms with Crippen LogP contribution in [-0.4, -0.2) is 40.8 Å². The molecule has 1 aliphatic heterocycles. The summed E-state index contributed by atoms with van der Waals surface area (Å²) in [5, 5.41) is 4.55. The van der Waals surface area contributed by atoms with Crippen molar-refractivity contribution in [2.75, 3.05) is 13.1 Å². The first-order valence-electron chi connectivity index (χ1n) is 9.38. The Morgan fingerprint density at radius 1 is 1.21 bits per heavy atom. The Labute approximate surface area is 177 Å². The summed E-state index contributed by atoms with van der Waals surface area (Å²) in [6, 6.07) is 10.8. The molecule has 150 valence electrons. The average molecular weight is 430 g/mol. The molecule has 0 aliphatic carbocycles. The number of nitrogens with one attached hydrogen (secondary N) is 1. The molecule has 29 heavy (non-hydrogen) atoms. The van der Waals surface area contributed by atoms with Gasteiger partial charge in [-0.15, -0.1) is 11.3 Å². The number of hydrogen-bond donors (Lipinski definition) is 1. The Balaban J connectivity index is 1.37. The number of carbonyl (C=O) groups excluding carboxylic acids is 2. The Morgan fingerprint density at radius 2 is 1.93 bits per heavy atom. The third-order valence-corrected chi connectivity index (χ3v) is 6.40. The number of piperidine rings is 1. The topological polar surface area (TPSA) is 75.4 Å². The molecule has 3 heterocycles. The van der Waals surface area contributed by atoms with Crippen molar-refractivity contribution in [2.45, 2.75) is 25.8 Å². The minimum absolute atomic E-state index is 0.0311. The zero-order valence-electron chi connectivity index (χ0n) is 15.9. The van der Waals surface area contributed by atoms with Crippen molar-refractivity contribution in [1.29, 1.82) is 0 Å². The Kier molecular flexibility index (Phi) is 5.69. The van der Waals surface area contributed by atoms with Gasteiger partial charge in [-0.2, -0.15) is 0 Å². The highest BCUT2D eigenvalue weighted by Gasteiger charge is 2.27. The number of benzene rings is 1. The van der Waals surface area contributed by atoms with Crippen LogP contribution in [0.1, 0.15) is 38.8 Å². The summed E-state index contributed by atoms with van der Waals surface area (Å²) in [5.74, 6) is 0.129. The van der Waals surface area contributed by atoms with Crippen molar-refractivity contribution in [1.82, 2.24) is 15.2 Å². The van der Waals surface area contributed by atoms with E-state index in [0.29, 0.717) is 47.3 Å². The molecule has 0 bridgehead atoms. The van der Waals surface area contributed by atoms with Crippen molar-refractivity contribution in [3.8, 4) is 10.6 Å². The molecular formula is C21H20ClN3O3S. The standard InChI is InChI=1S/C21H20ClN3O3S/c1-13-18(29-20(23-13)14-4-6-15(22)7-5-14)19(26)24-16-8-10-25(11-9-16)21(27)17-3-2-12-28-17/h2-7,12,16H,8-11H2,1H3,(H,24,26). The second kappa shape index (κ2) is 8.39. The number of nitrogens with zero attached hydrogens (tertiary/aromatic N) is 2. The number of thiazole rings is 1. The number of halogens is 1. The molecule has 0 spiro atoms. The van der Waals surface area contributed by atoms with Gasteiger partial charge >= 0.3 is 0 Å². The fourth-order valence-corrected chi connectivity index (χ4v) is 4.46. The van der Waals surface area contributed by atoms with E-state index in [4.69, 9.17) is 16.0 Å². The van der Waals surface area contributed by atoms with E-state index in [1.165, 1.54) is 17.6 Å². The summed E-state index contributed by atoms with van der Waals surface area (Å²) < 4.78 is 5.18. The third kappa shape index (κ3) is 4.36. The van der Waals surface area contributed by atoms with E-state index in [2.05, 4.69) is 10.3 Å². The minimum Gasteiger partial charge on any atom is -0.459 e. The van der Waals surface area contributed by atoms with Crippen LogP contribution in [-0.2, 0) is 0 Å². The number of rotatable bonds is 4. The van der Waals surface area contributed by atoms with Crippen LogP contribution in [0.4, 0.5) is 0 Å². The van der Waals surface area contributed by atoms with E-state index in [0.717, 1.165) is 10.6 Å². The first-order valence-corrected chi connectivity index (χ1v) is 10.6. The number of amides is 2. The molecule has 8 heteroatoms. The third-order valence-electron chi connectivity index (χ3n) is 4.94. The maximum Gasteiger partial charge on any atom is 0.289 e. The SMILES string of the molecule is Cc1nc(-c2ccc(Cl)cc2)sc1C(=O)NC1CCN(C(=O)c2ccco2)CC1. The highest BCUT2D eigenvalue weighted by Crippen LogP contribution is 2.29. The quantitative estimate of drug-likeness (QED) is 0.667. The Hall–Kier alpha value is -2.64. The van der Waals surface area contributed by atoms with Gasteiger partial charge in [0.25, 0.3) is 11.8 Å². The van der Waals surface area contributed by atoms with Gasteiger partial charge in [0.1, 0.15) is 9.88 Å². The number of furan rings is 1. The van der Waals surface area contributed by atoms with Crippen molar-refractivity contribution in [3.63, 3.8) is 0 Å². The maximum absolute atomic E-state index is 12.8. The van der Waals surface area contributed by atoms with Crippen molar-refractivity contribution >= 4 is 34.8 Å². The van der Waals surface area contributed by atoms with Crippen LogP contribution in [0.15, 0.2) is 47.1 Å². The van der Waals surface area contributed by atoms with Crippen LogP contribution < -0.4 is 5.32 Å². The summed E-state index contributed by atoms with van der Waals surface area (Å²) in [6.45, 7) is 3.01. The van der Waals surface area contributed by atoms with Crippen molar-refractivity contribution in [2.24, 2.45) is 0 Å². The van der Waals surface area contributed by atoms with Crippen LogP contribution in [0.5, 0.6) is 0 Å². The van der Waals surface area contributed by atoms with Gasteiger partial charge in [-0.1, -0.05) is 23.7 Å². The maximum atomic E-state index is 12.8. The Morgan fingerprint density at radius 3 is 2.59 bits per heavy atom. The molecule has 1 N–H and O–H groups in total. The highest BCUT2D eigenvalue weighted by atomic mass is 35.5. The lowest BCUT2D eigenvalue weighted by atomic mass is 10.0. The number of likely N-dealkylation sites (tertiary alicyclic amines) is 1. The predicted molar refractivity (Wildman–Crippen MR) is 112 cm³/mol. The summed E-state index contributed by atoms with van der Waals surface area (Å²) in [4.78, 5) is 32.0. The first-order chi connectivity index (χ1) is 14.0. The molecule has 2 amide bonds. The van der Waals surface area contributed by atoms with Crippen LogP contribution in [0.25, 0.3) is 10.6 Å². The molecule has 6 nitrogen and oxygen atoms in total. The molecule has 2 aromatic heterocycles. The lowest BCUT2D eigenvalue weighted by molar-refractivity contribution is 0.0667. The van der Waals surface area contributed by atoms with Crippen LogP contribution in [0.3, 0.4) is 0 Å². The fourth-order valence-electron chi connectivity index (χ4n) is 3.36. The summed E-state index contributed by atoms with van der Waals surface area (Å²) in [6.07, 6.45) is 2.91. The van der Waals surface area contributed by atoms with Gasteiger partial charge in [-0.3, -0.25) is 9.59 Å². The molecule has 0 unspecified atom stereocenters. The normalized spacial score (nSPS) is 14.8. The van der Waals surface area contributed by atoms with Crippen LogP contribution >= 0.6 is 22.9 Å².